The summed E-state index contributed by atoms with van der Waals surface area (Å²) in [5.74, 6) is 0.114. The molecular weight excluding hydrogens is 202 g/mol. The van der Waals surface area contributed by atoms with Crippen molar-refractivity contribution in [2.24, 2.45) is 0 Å². The Hall–Kier alpha value is -1.35. The predicted molar refractivity (Wildman–Crippen MR) is 64.1 cm³/mol. The van der Waals surface area contributed by atoms with Crippen molar-refractivity contribution in [1.29, 1.82) is 0 Å². The molecule has 1 N–H and O–H groups in total. The SMILES string of the molecule is CONC(=O)CC(C)c1cc(C)cc(C)c1. The molecule has 0 aliphatic heterocycles. The minimum absolute atomic E-state index is 0.0887. The molecule has 1 amide bonds. The van der Waals surface area contributed by atoms with Crippen LogP contribution in [0.15, 0.2) is 18.2 Å². The zero-order valence-electron chi connectivity index (χ0n) is 10.3. The van der Waals surface area contributed by atoms with E-state index in [4.69, 9.17) is 0 Å². The van der Waals surface area contributed by atoms with Crippen LogP contribution in [0.4, 0.5) is 0 Å². The van der Waals surface area contributed by atoms with Crippen molar-refractivity contribution in [3.8, 4) is 0 Å². The molecule has 1 atom stereocenters. The van der Waals surface area contributed by atoms with E-state index >= 15 is 0 Å². The van der Waals surface area contributed by atoms with Crippen LogP contribution in [0, 0.1) is 13.8 Å². The Morgan fingerprint density at radius 1 is 1.31 bits per heavy atom. The normalized spacial score (nSPS) is 12.2. The van der Waals surface area contributed by atoms with Gasteiger partial charge in [-0.3, -0.25) is 9.63 Å². The van der Waals surface area contributed by atoms with Gasteiger partial charge in [0.25, 0.3) is 0 Å². The van der Waals surface area contributed by atoms with Gasteiger partial charge >= 0.3 is 0 Å². The third-order valence-electron chi connectivity index (χ3n) is 2.52. The summed E-state index contributed by atoms with van der Waals surface area (Å²) in [6, 6.07) is 6.38. The minimum Gasteiger partial charge on any atom is -0.277 e. The highest BCUT2D eigenvalue weighted by atomic mass is 16.6. The first-order valence-corrected chi connectivity index (χ1v) is 5.43. The van der Waals surface area contributed by atoms with Gasteiger partial charge in [-0.1, -0.05) is 36.2 Å². The van der Waals surface area contributed by atoms with Crippen LogP contribution in [-0.4, -0.2) is 13.0 Å². The third-order valence-corrected chi connectivity index (χ3v) is 2.52. The van der Waals surface area contributed by atoms with Gasteiger partial charge in [0.1, 0.15) is 0 Å². The van der Waals surface area contributed by atoms with Crippen LogP contribution >= 0.6 is 0 Å². The largest absolute Gasteiger partial charge is 0.277 e. The maximum absolute atomic E-state index is 11.4. The van der Waals surface area contributed by atoms with E-state index in [0.29, 0.717) is 6.42 Å². The zero-order chi connectivity index (χ0) is 12.1. The fourth-order valence-corrected chi connectivity index (χ4v) is 1.85. The van der Waals surface area contributed by atoms with Crippen LogP contribution in [0.2, 0.25) is 0 Å². The lowest BCUT2D eigenvalue weighted by molar-refractivity contribution is -0.131. The maximum Gasteiger partial charge on any atom is 0.244 e. The zero-order valence-corrected chi connectivity index (χ0v) is 10.3. The van der Waals surface area contributed by atoms with E-state index in [9.17, 15) is 4.79 Å². The standard InChI is InChI=1S/C13H19NO2/c1-9-5-10(2)7-12(6-9)11(3)8-13(15)14-16-4/h5-7,11H,8H2,1-4H3,(H,14,15). The van der Waals surface area contributed by atoms with Crippen molar-refractivity contribution in [2.45, 2.75) is 33.1 Å². The van der Waals surface area contributed by atoms with Crippen LogP contribution in [0.3, 0.4) is 0 Å². The summed E-state index contributed by atoms with van der Waals surface area (Å²) in [5.41, 5.74) is 6.00. The number of amides is 1. The van der Waals surface area contributed by atoms with Gasteiger partial charge in [-0.2, -0.15) is 0 Å². The molecule has 0 aliphatic rings. The summed E-state index contributed by atoms with van der Waals surface area (Å²) >= 11 is 0. The van der Waals surface area contributed by atoms with Crippen LogP contribution in [0.5, 0.6) is 0 Å². The van der Waals surface area contributed by atoms with E-state index in [-0.39, 0.29) is 11.8 Å². The second-order valence-electron chi connectivity index (χ2n) is 4.26. The number of aryl methyl sites for hydroxylation is 2. The molecule has 1 aromatic carbocycles. The lowest BCUT2D eigenvalue weighted by Crippen LogP contribution is -2.23. The second-order valence-corrected chi connectivity index (χ2v) is 4.26. The van der Waals surface area contributed by atoms with E-state index in [1.165, 1.54) is 23.8 Å². The number of hydrogen-bond acceptors (Lipinski definition) is 2. The topological polar surface area (TPSA) is 38.3 Å². The molecule has 0 radical (unpaired) electrons. The molecule has 0 saturated heterocycles. The van der Waals surface area contributed by atoms with Gasteiger partial charge in [0.2, 0.25) is 5.91 Å². The number of benzene rings is 1. The number of nitrogens with one attached hydrogen (secondary N) is 1. The Labute approximate surface area is 96.8 Å². The number of carbonyl (C=O) groups is 1. The van der Waals surface area contributed by atoms with E-state index < -0.39 is 0 Å². The highest BCUT2D eigenvalue weighted by Crippen LogP contribution is 2.21. The summed E-state index contributed by atoms with van der Waals surface area (Å²) < 4.78 is 0. The average Bonchev–Trinajstić information content (AvgIpc) is 2.16. The molecule has 1 unspecified atom stereocenters. The van der Waals surface area contributed by atoms with Crippen molar-refractivity contribution in [2.75, 3.05) is 7.11 Å². The van der Waals surface area contributed by atoms with E-state index in [1.807, 2.05) is 6.92 Å². The molecule has 0 aliphatic carbocycles. The molecule has 3 nitrogen and oxygen atoms in total. The van der Waals surface area contributed by atoms with Crippen molar-refractivity contribution < 1.29 is 9.63 Å². The van der Waals surface area contributed by atoms with Crippen molar-refractivity contribution in [3.63, 3.8) is 0 Å². The molecule has 0 fully saturated rings. The third kappa shape index (κ3) is 3.66. The summed E-state index contributed by atoms with van der Waals surface area (Å²) in [6.07, 6.45) is 0.441. The van der Waals surface area contributed by atoms with Gasteiger partial charge in [0, 0.05) is 6.42 Å². The Morgan fingerprint density at radius 2 is 1.88 bits per heavy atom. The van der Waals surface area contributed by atoms with E-state index in [0.717, 1.165) is 0 Å². The Morgan fingerprint density at radius 3 is 2.38 bits per heavy atom. The van der Waals surface area contributed by atoms with Gasteiger partial charge in [-0.05, 0) is 25.3 Å². The first-order chi connectivity index (χ1) is 7.52. The molecule has 0 aromatic heterocycles. The van der Waals surface area contributed by atoms with Crippen molar-refractivity contribution in [1.82, 2.24) is 5.48 Å². The maximum atomic E-state index is 11.4. The molecule has 0 heterocycles. The van der Waals surface area contributed by atoms with Crippen LogP contribution in [0.25, 0.3) is 0 Å². The quantitative estimate of drug-likeness (QED) is 0.793. The van der Waals surface area contributed by atoms with Crippen LogP contribution in [-0.2, 0) is 9.63 Å². The van der Waals surface area contributed by atoms with Crippen LogP contribution in [0.1, 0.15) is 36.0 Å². The first kappa shape index (κ1) is 12.7. The van der Waals surface area contributed by atoms with E-state index in [2.05, 4.69) is 42.4 Å². The van der Waals surface area contributed by atoms with Gasteiger partial charge < -0.3 is 0 Å². The van der Waals surface area contributed by atoms with Crippen molar-refractivity contribution in [3.05, 3.63) is 34.9 Å². The Kier molecular flexibility index (Phi) is 4.50. The molecule has 3 heteroatoms. The molecule has 16 heavy (non-hydrogen) atoms. The van der Waals surface area contributed by atoms with E-state index in [1.54, 1.807) is 0 Å². The number of carbonyl (C=O) groups excluding carboxylic acids is 1. The molecular formula is C13H19NO2. The Balaban J connectivity index is 2.72. The summed E-state index contributed by atoms with van der Waals surface area (Å²) in [7, 11) is 1.44. The van der Waals surface area contributed by atoms with Gasteiger partial charge in [0.05, 0.1) is 7.11 Å². The highest BCUT2D eigenvalue weighted by molar-refractivity contribution is 5.75. The lowest BCUT2D eigenvalue weighted by atomic mass is 9.94. The van der Waals surface area contributed by atoms with Crippen LogP contribution < -0.4 is 5.48 Å². The van der Waals surface area contributed by atoms with Gasteiger partial charge in [-0.25, -0.2) is 5.48 Å². The average molecular weight is 221 g/mol. The fourth-order valence-electron chi connectivity index (χ4n) is 1.85. The van der Waals surface area contributed by atoms with Gasteiger partial charge in [0.15, 0.2) is 0 Å². The minimum atomic E-state index is -0.0887. The van der Waals surface area contributed by atoms with Crippen molar-refractivity contribution >= 4 is 5.91 Å². The summed E-state index contributed by atoms with van der Waals surface area (Å²) in [4.78, 5) is 15.9. The molecule has 1 aromatic rings. The number of hydroxylamine groups is 1. The number of hydrogen-bond donors (Lipinski definition) is 1. The smallest absolute Gasteiger partial charge is 0.244 e. The Bertz CT molecular complexity index is 354. The molecule has 0 saturated carbocycles. The second kappa shape index (κ2) is 5.66. The lowest BCUT2D eigenvalue weighted by Gasteiger charge is -2.13. The molecule has 1 rings (SSSR count). The predicted octanol–water partition coefficient (Wildman–Crippen LogP) is 2.47. The molecule has 0 spiro atoms. The first-order valence-electron chi connectivity index (χ1n) is 5.43. The number of rotatable bonds is 4. The summed E-state index contributed by atoms with van der Waals surface area (Å²) in [6.45, 7) is 6.18. The fraction of sp³-hybridized carbons (Fsp3) is 0.462. The monoisotopic (exact) mass is 221 g/mol. The van der Waals surface area contributed by atoms with Gasteiger partial charge in [-0.15, -0.1) is 0 Å². The highest BCUT2D eigenvalue weighted by Gasteiger charge is 2.11. The summed E-state index contributed by atoms with van der Waals surface area (Å²) in [5, 5.41) is 0. The molecule has 88 valence electrons. The molecule has 0 bridgehead atoms.